The van der Waals surface area contributed by atoms with Crippen LogP contribution < -0.4 is 10.6 Å². The van der Waals surface area contributed by atoms with Crippen LogP contribution in [0.1, 0.15) is 74.6 Å². The van der Waals surface area contributed by atoms with Crippen LogP contribution in [0, 0.1) is 0 Å². The van der Waals surface area contributed by atoms with Crippen molar-refractivity contribution in [3.05, 3.63) is 71.8 Å². The van der Waals surface area contributed by atoms with Gasteiger partial charge in [-0.15, -0.1) is 17.0 Å². The summed E-state index contributed by atoms with van der Waals surface area (Å²) in [7, 11) is 0. The van der Waals surface area contributed by atoms with Crippen LogP contribution in [0.3, 0.4) is 0 Å². The zero-order chi connectivity index (χ0) is 23.0. The molecule has 2 aromatic carbocycles. The van der Waals surface area contributed by atoms with Crippen molar-refractivity contribution < 1.29 is 19.8 Å². The number of benzene rings is 2. The topological polar surface area (TPSA) is 98.7 Å². The van der Waals surface area contributed by atoms with E-state index in [4.69, 9.17) is 0 Å². The number of carboxylic acid groups (broad SMARTS) is 2. The van der Waals surface area contributed by atoms with E-state index in [0.29, 0.717) is 13.1 Å². The van der Waals surface area contributed by atoms with Crippen LogP contribution in [0.4, 0.5) is 0 Å². The van der Waals surface area contributed by atoms with E-state index in [9.17, 15) is 19.8 Å². The van der Waals surface area contributed by atoms with E-state index in [1.165, 1.54) is 12.8 Å². The van der Waals surface area contributed by atoms with Crippen LogP contribution in [-0.4, -0.2) is 35.2 Å². The van der Waals surface area contributed by atoms with Crippen molar-refractivity contribution in [1.82, 2.24) is 10.6 Å². The molecule has 7 heteroatoms. The van der Waals surface area contributed by atoms with E-state index in [1.807, 2.05) is 60.7 Å². The van der Waals surface area contributed by atoms with Gasteiger partial charge in [0.15, 0.2) is 0 Å². The molecule has 33 heavy (non-hydrogen) atoms. The maximum atomic E-state index is 11.5. The van der Waals surface area contributed by atoms with Gasteiger partial charge in [-0.2, -0.15) is 0 Å². The lowest BCUT2D eigenvalue weighted by molar-refractivity contribution is -0.140. The van der Waals surface area contributed by atoms with Crippen molar-refractivity contribution >= 4 is 28.9 Å². The molecule has 4 N–H and O–H groups in total. The third-order valence-electron chi connectivity index (χ3n) is 5.56. The summed E-state index contributed by atoms with van der Waals surface area (Å²) in [5, 5.41) is 25.1. The SMILES string of the molecule is Br.O=C(O)C(NCCCCCCCCCCNC(C(=O)O)c1ccccc1)c1ccccc1. The van der Waals surface area contributed by atoms with Crippen molar-refractivity contribution in [2.24, 2.45) is 0 Å². The minimum absolute atomic E-state index is 0. The fraction of sp³-hybridized carbons (Fsp3) is 0.462. The fourth-order valence-electron chi connectivity index (χ4n) is 3.79. The summed E-state index contributed by atoms with van der Waals surface area (Å²) in [6.45, 7) is 1.40. The first-order valence-corrected chi connectivity index (χ1v) is 11.6. The van der Waals surface area contributed by atoms with Crippen LogP contribution in [0.2, 0.25) is 0 Å². The molecule has 0 saturated heterocycles. The molecule has 0 heterocycles. The standard InChI is InChI=1S/C26H36N2O4.BrH/c29-25(30)23(21-15-9-7-10-16-21)27-19-13-5-3-1-2-4-6-14-20-28-24(26(31)32)22-17-11-8-12-18-22;/h7-12,15-18,23-24,27-28H,1-6,13-14,19-20H2,(H,29,30)(H,31,32);1H. The van der Waals surface area contributed by atoms with Crippen molar-refractivity contribution in [3.63, 3.8) is 0 Å². The zero-order valence-corrected chi connectivity index (χ0v) is 20.8. The minimum Gasteiger partial charge on any atom is -0.480 e. The number of nitrogens with one attached hydrogen (secondary N) is 2. The number of carbonyl (C=O) groups is 2. The molecular weight excluding hydrogens is 484 g/mol. The van der Waals surface area contributed by atoms with Crippen LogP contribution in [0.25, 0.3) is 0 Å². The quantitative estimate of drug-likeness (QED) is 0.205. The second-order valence-electron chi connectivity index (χ2n) is 8.10. The summed E-state index contributed by atoms with van der Waals surface area (Å²) in [6.07, 6.45) is 8.77. The van der Waals surface area contributed by atoms with Crippen molar-refractivity contribution in [2.45, 2.75) is 63.5 Å². The number of aliphatic carboxylic acids is 2. The summed E-state index contributed by atoms with van der Waals surface area (Å²) in [4.78, 5) is 22.9. The highest BCUT2D eigenvalue weighted by molar-refractivity contribution is 8.93. The lowest BCUT2D eigenvalue weighted by Crippen LogP contribution is -2.29. The summed E-state index contributed by atoms with van der Waals surface area (Å²) in [6, 6.07) is 17.3. The number of unbranched alkanes of at least 4 members (excludes halogenated alkanes) is 7. The lowest BCUT2D eigenvalue weighted by atomic mass is 10.1. The normalized spacial score (nSPS) is 12.5. The lowest BCUT2D eigenvalue weighted by Gasteiger charge is -2.15. The minimum atomic E-state index is -0.843. The second kappa shape index (κ2) is 17.3. The van der Waals surface area contributed by atoms with Gasteiger partial charge in [0.2, 0.25) is 0 Å². The molecule has 0 saturated carbocycles. The monoisotopic (exact) mass is 520 g/mol. The molecule has 2 rings (SSSR count). The molecule has 2 atom stereocenters. The van der Waals surface area contributed by atoms with E-state index in [-0.39, 0.29) is 17.0 Å². The maximum absolute atomic E-state index is 11.5. The van der Waals surface area contributed by atoms with Gasteiger partial charge in [-0.3, -0.25) is 9.59 Å². The molecule has 0 spiro atoms. The van der Waals surface area contributed by atoms with Gasteiger partial charge in [-0.05, 0) is 37.1 Å². The summed E-state index contributed by atoms with van der Waals surface area (Å²) >= 11 is 0. The molecule has 2 aromatic rings. The Hall–Kier alpha value is -2.22. The molecule has 0 aromatic heterocycles. The van der Waals surface area contributed by atoms with Gasteiger partial charge in [0.25, 0.3) is 0 Å². The molecule has 0 amide bonds. The van der Waals surface area contributed by atoms with E-state index >= 15 is 0 Å². The van der Waals surface area contributed by atoms with Crippen LogP contribution in [-0.2, 0) is 9.59 Å². The van der Waals surface area contributed by atoms with Gasteiger partial charge < -0.3 is 20.8 Å². The molecule has 0 aliphatic rings. The molecule has 0 bridgehead atoms. The van der Waals surface area contributed by atoms with Gasteiger partial charge in [-0.25, -0.2) is 0 Å². The highest BCUT2D eigenvalue weighted by Gasteiger charge is 2.18. The molecule has 0 aliphatic carbocycles. The van der Waals surface area contributed by atoms with Gasteiger partial charge in [0, 0.05) is 0 Å². The maximum Gasteiger partial charge on any atom is 0.325 e. The Morgan fingerprint density at radius 2 is 0.879 bits per heavy atom. The summed E-state index contributed by atoms with van der Waals surface area (Å²) in [5.41, 5.74) is 1.57. The van der Waals surface area contributed by atoms with Crippen LogP contribution >= 0.6 is 17.0 Å². The molecule has 182 valence electrons. The first-order chi connectivity index (χ1) is 15.6. The van der Waals surface area contributed by atoms with Crippen molar-refractivity contribution in [3.8, 4) is 0 Å². The zero-order valence-electron chi connectivity index (χ0n) is 19.1. The molecular formula is C26H37BrN2O4. The molecule has 0 radical (unpaired) electrons. The number of rotatable bonds is 17. The van der Waals surface area contributed by atoms with Gasteiger partial charge >= 0.3 is 11.9 Å². The van der Waals surface area contributed by atoms with Crippen molar-refractivity contribution in [2.75, 3.05) is 13.1 Å². The van der Waals surface area contributed by atoms with E-state index in [0.717, 1.165) is 49.7 Å². The summed E-state index contributed by atoms with van der Waals surface area (Å²) in [5.74, 6) is -1.69. The van der Waals surface area contributed by atoms with Gasteiger partial charge in [0.05, 0.1) is 0 Å². The Bertz CT molecular complexity index is 722. The average Bonchev–Trinajstić information content (AvgIpc) is 2.80. The van der Waals surface area contributed by atoms with E-state index in [2.05, 4.69) is 10.6 Å². The smallest absolute Gasteiger partial charge is 0.325 e. The van der Waals surface area contributed by atoms with E-state index in [1.54, 1.807) is 0 Å². The highest BCUT2D eigenvalue weighted by Crippen LogP contribution is 2.15. The molecule has 0 aliphatic heterocycles. The predicted molar refractivity (Wildman–Crippen MR) is 137 cm³/mol. The largest absolute Gasteiger partial charge is 0.480 e. The second-order valence-corrected chi connectivity index (χ2v) is 8.10. The van der Waals surface area contributed by atoms with Crippen molar-refractivity contribution in [1.29, 1.82) is 0 Å². The number of hydrogen-bond acceptors (Lipinski definition) is 4. The van der Waals surface area contributed by atoms with Gasteiger partial charge in [0.1, 0.15) is 12.1 Å². The number of hydrogen-bond donors (Lipinski definition) is 4. The van der Waals surface area contributed by atoms with Gasteiger partial charge in [-0.1, -0.05) is 99.2 Å². The molecule has 0 fully saturated rings. The number of halogens is 1. The Kier molecular flexibility index (Phi) is 15.1. The highest BCUT2D eigenvalue weighted by atomic mass is 79.9. The van der Waals surface area contributed by atoms with Crippen LogP contribution in [0.15, 0.2) is 60.7 Å². The average molecular weight is 521 g/mol. The Balaban J connectivity index is 0.00000544. The van der Waals surface area contributed by atoms with Crippen LogP contribution in [0.5, 0.6) is 0 Å². The third-order valence-corrected chi connectivity index (χ3v) is 5.56. The first-order valence-electron chi connectivity index (χ1n) is 11.6. The predicted octanol–water partition coefficient (Wildman–Crippen LogP) is 5.52. The third kappa shape index (κ3) is 11.5. The Morgan fingerprint density at radius 3 is 1.18 bits per heavy atom. The fourth-order valence-corrected chi connectivity index (χ4v) is 3.79. The Labute approximate surface area is 207 Å². The van der Waals surface area contributed by atoms with E-state index < -0.39 is 24.0 Å². The first kappa shape index (κ1) is 28.8. The molecule has 6 nitrogen and oxygen atoms in total. The Morgan fingerprint density at radius 1 is 0.576 bits per heavy atom. The number of carboxylic acids is 2. The molecule has 2 unspecified atom stereocenters. The summed E-state index contributed by atoms with van der Waals surface area (Å²) < 4.78 is 0.